The van der Waals surface area contributed by atoms with Crippen LogP contribution in [-0.2, 0) is 12.6 Å². The van der Waals surface area contributed by atoms with Crippen molar-refractivity contribution >= 4 is 11.0 Å². The maximum absolute atomic E-state index is 10.6. The molecule has 0 radical (unpaired) electrons. The monoisotopic (exact) mass is 403 g/mol. The molecule has 1 N–H and O–H groups in total. The van der Waals surface area contributed by atoms with Gasteiger partial charge in [0.25, 0.3) is 0 Å². The minimum Gasteiger partial charge on any atom is -0.382 e. The summed E-state index contributed by atoms with van der Waals surface area (Å²) in [6.07, 6.45) is 0.967. The molecule has 0 aliphatic heterocycles. The van der Waals surface area contributed by atoms with Crippen molar-refractivity contribution in [2.75, 3.05) is 0 Å². The largest absolute Gasteiger partial charge is 0.382 e. The van der Waals surface area contributed by atoms with Crippen LogP contribution in [0.1, 0.15) is 61.1 Å². The minimum absolute atomic E-state index is 0.230. The van der Waals surface area contributed by atoms with E-state index in [4.69, 9.17) is 9.97 Å². The quantitative estimate of drug-likeness (QED) is 0.563. The molecule has 3 heterocycles. The van der Waals surface area contributed by atoms with E-state index in [2.05, 4.69) is 32.7 Å². The lowest BCUT2D eigenvalue weighted by Gasteiger charge is -2.18. The molecular weight excluding hydrogens is 378 g/mol. The summed E-state index contributed by atoms with van der Waals surface area (Å²) in [5.74, 6) is 4.04. The first-order valence-electron chi connectivity index (χ1n) is 10.2. The van der Waals surface area contributed by atoms with Gasteiger partial charge in [0.2, 0.25) is 0 Å². The number of nitrogens with zero attached hydrogens (tertiary/aromatic N) is 7. The normalized spacial score (nSPS) is 18.9. The standard InChI is InChI=1S/C22H25N7O/c1-12-23-13(2)29(27-12)19-11-17(25-21(26-19)22(3,4)30)14-10-15(14)20-24-16-8-6-7-9-18(16)28(20)5/h6-9,11,14-15,30H,10H2,1-5H3. The average Bonchev–Trinajstić information content (AvgIpc) is 3.32. The van der Waals surface area contributed by atoms with Gasteiger partial charge in [-0.05, 0) is 46.2 Å². The number of hydrogen-bond donors (Lipinski definition) is 1. The van der Waals surface area contributed by atoms with E-state index in [1.807, 2.05) is 38.1 Å². The van der Waals surface area contributed by atoms with Crippen molar-refractivity contribution in [2.45, 2.75) is 51.6 Å². The lowest BCUT2D eigenvalue weighted by molar-refractivity contribution is 0.0683. The van der Waals surface area contributed by atoms with Crippen molar-refractivity contribution in [1.29, 1.82) is 0 Å². The molecule has 1 aromatic carbocycles. The van der Waals surface area contributed by atoms with Crippen molar-refractivity contribution < 1.29 is 5.11 Å². The van der Waals surface area contributed by atoms with Crippen LogP contribution in [0, 0.1) is 13.8 Å². The first-order chi connectivity index (χ1) is 14.2. The van der Waals surface area contributed by atoms with E-state index in [1.165, 1.54) is 0 Å². The van der Waals surface area contributed by atoms with Crippen LogP contribution in [0.5, 0.6) is 0 Å². The predicted octanol–water partition coefficient (Wildman–Crippen LogP) is 3.06. The minimum atomic E-state index is -1.16. The second-order valence-electron chi connectivity index (χ2n) is 8.62. The summed E-state index contributed by atoms with van der Waals surface area (Å²) < 4.78 is 3.88. The van der Waals surface area contributed by atoms with Crippen LogP contribution in [0.2, 0.25) is 0 Å². The molecule has 1 saturated carbocycles. The number of para-hydroxylation sites is 2. The summed E-state index contributed by atoms with van der Waals surface area (Å²) in [6, 6.07) is 10.1. The Morgan fingerprint density at radius 3 is 2.47 bits per heavy atom. The predicted molar refractivity (Wildman–Crippen MR) is 112 cm³/mol. The molecule has 0 saturated heterocycles. The summed E-state index contributed by atoms with van der Waals surface area (Å²) in [6.45, 7) is 7.15. The Kier molecular flexibility index (Phi) is 4.05. The van der Waals surface area contributed by atoms with E-state index >= 15 is 0 Å². The van der Waals surface area contributed by atoms with Gasteiger partial charge in [0.15, 0.2) is 11.6 Å². The molecule has 8 nitrogen and oxygen atoms in total. The fraction of sp³-hybridized carbons (Fsp3) is 0.409. The fourth-order valence-electron chi connectivity index (χ4n) is 4.07. The zero-order chi connectivity index (χ0) is 21.2. The van der Waals surface area contributed by atoms with Gasteiger partial charge < -0.3 is 9.67 Å². The highest BCUT2D eigenvalue weighted by molar-refractivity contribution is 5.76. The fourth-order valence-corrected chi connectivity index (χ4v) is 4.07. The van der Waals surface area contributed by atoms with Crippen LogP contribution in [0.4, 0.5) is 0 Å². The Balaban J connectivity index is 1.56. The molecule has 3 aromatic heterocycles. The summed E-state index contributed by atoms with van der Waals surface area (Å²) in [5, 5.41) is 15.1. The maximum atomic E-state index is 10.6. The molecule has 30 heavy (non-hydrogen) atoms. The number of rotatable bonds is 4. The topological polar surface area (TPSA) is 94.5 Å². The number of aryl methyl sites for hydroxylation is 3. The third kappa shape index (κ3) is 3.08. The second kappa shape index (κ2) is 6.43. The molecule has 4 aromatic rings. The van der Waals surface area contributed by atoms with Gasteiger partial charge in [-0.15, -0.1) is 5.10 Å². The molecule has 2 unspecified atom stereocenters. The summed E-state index contributed by atoms with van der Waals surface area (Å²) in [4.78, 5) is 18.6. The summed E-state index contributed by atoms with van der Waals surface area (Å²) >= 11 is 0. The molecule has 154 valence electrons. The molecule has 5 rings (SSSR count). The van der Waals surface area contributed by atoms with E-state index in [0.29, 0.717) is 23.4 Å². The molecule has 8 heteroatoms. The Morgan fingerprint density at radius 2 is 1.80 bits per heavy atom. The van der Waals surface area contributed by atoms with Gasteiger partial charge in [0.05, 0.1) is 16.7 Å². The number of imidazole rings is 1. The van der Waals surface area contributed by atoms with E-state index in [9.17, 15) is 5.11 Å². The highest BCUT2D eigenvalue weighted by Crippen LogP contribution is 2.54. The molecule has 1 aliphatic carbocycles. The van der Waals surface area contributed by atoms with Crippen molar-refractivity contribution in [2.24, 2.45) is 7.05 Å². The molecule has 0 bridgehead atoms. The van der Waals surface area contributed by atoms with Crippen molar-refractivity contribution in [1.82, 2.24) is 34.3 Å². The van der Waals surface area contributed by atoms with Crippen LogP contribution in [0.25, 0.3) is 16.9 Å². The van der Waals surface area contributed by atoms with Crippen LogP contribution in [0.3, 0.4) is 0 Å². The summed E-state index contributed by atoms with van der Waals surface area (Å²) in [5.41, 5.74) is 1.89. The van der Waals surface area contributed by atoms with E-state index in [1.54, 1.807) is 18.5 Å². The smallest absolute Gasteiger partial charge is 0.162 e. The summed E-state index contributed by atoms with van der Waals surface area (Å²) in [7, 11) is 2.06. The second-order valence-corrected chi connectivity index (χ2v) is 8.62. The van der Waals surface area contributed by atoms with Crippen molar-refractivity contribution in [3.8, 4) is 5.82 Å². The Bertz CT molecular complexity index is 1260. The molecule has 1 aliphatic rings. The molecular formula is C22H25N7O. The Morgan fingerprint density at radius 1 is 1.03 bits per heavy atom. The number of fused-ring (bicyclic) bond motifs is 1. The van der Waals surface area contributed by atoms with Gasteiger partial charge in [0, 0.05) is 24.9 Å². The van der Waals surface area contributed by atoms with E-state index in [-0.39, 0.29) is 5.92 Å². The molecule has 0 spiro atoms. The van der Waals surface area contributed by atoms with Gasteiger partial charge >= 0.3 is 0 Å². The van der Waals surface area contributed by atoms with Gasteiger partial charge in [-0.25, -0.2) is 19.9 Å². The van der Waals surface area contributed by atoms with E-state index < -0.39 is 5.60 Å². The highest BCUT2D eigenvalue weighted by Gasteiger charge is 2.44. The zero-order valence-electron chi connectivity index (χ0n) is 17.8. The maximum Gasteiger partial charge on any atom is 0.162 e. The number of hydrogen-bond acceptors (Lipinski definition) is 6. The number of aromatic nitrogens is 7. The first-order valence-corrected chi connectivity index (χ1v) is 10.2. The molecule has 1 fully saturated rings. The highest BCUT2D eigenvalue weighted by atomic mass is 16.3. The third-order valence-electron chi connectivity index (χ3n) is 5.70. The molecule has 2 atom stereocenters. The van der Waals surface area contributed by atoms with E-state index in [0.717, 1.165) is 34.8 Å². The lowest BCUT2D eigenvalue weighted by Crippen LogP contribution is -2.22. The van der Waals surface area contributed by atoms with Gasteiger partial charge in [-0.3, -0.25) is 0 Å². The zero-order valence-corrected chi connectivity index (χ0v) is 17.8. The van der Waals surface area contributed by atoms with Crippen LogP contribution < -0.4 is 0 Å². The van der Waals surface area contributed by atoms with Gasteiger partial charge in [-0.1, -0.05) is 12.1 Å². The van der Waals surface area contributed by atoms with Crippen molar-refractivity contribution in [3.63, 3.8) is 0 Å². The van der Waals surface area contributed by atoms with Crippen LogP contribution >= 0.6 is 0 Å². The van der Waals surface area contributed by atoms with Crippen LogP contribution in [-0.4, -0.2) is 39.4 Å². The Hall–Kier alpha value is -3.13. The number of benzene rings is 1. The first kappa shape index (κ1) is 18.9. The third-order valence-corrected chi connectivity index (χ3v) is 5.70. The number of aliphatic hydroxyl groups is 1. The van der Waals surface area contributed by atoms with Gasteiger partial charge in [0.1, 0.15) is 23.1 Å². The lowest BCUT2D eigenvalue weighted by atomic mass is 10.1. The Labute approximate surface area is 174 Å². The van der Waals surface area contributed by atoms with Crippen LogP contribution in [0.15, 0.2) is 30.3 Å². The SMILES string of the molecule is Cc1nc(C)n(-c2cc(C3CC3c3nc4ccccc4n3C)nc(C(C)(C)O)n2)n1. The van der Waals surface area contributed by atoms with Crippen molar-refractivity contribution in [3.05, 3.63) is 59.3 Å². The molecule has 0 amide bonds. The van der Waals surface area contributed by atoms with Gasteiger partial charge in [-0.2, -0.15) is 4.68 Å². The average molecular weight is 403 g/mol.